The Morgan fingerprint density at radius 3 is 3.19 bits per heavy atom. The van der Waals surface area contributed by atoms with E-state index in [0.717, 1.165) is 30.9 Å². The van der Waals surface area contributed by atoms with Crippen LogP contribution < -0.4 is 15.4 Å². The minimum absolute atomic E-state index is 0.0509. The molecule has 16 heavy (non-hydrogen) atoms. The molecule has 0 fully saturated rings. The number of ether oxygens (including phenoxy) is 1. The topological polar surface area (TPSA) is 50.4 Å². The minimum Gasteiger partial charge on any atom is -0.491 e. The third-order valence-corrected chi connectivity index (χ3v) is 2.54. The first-order chi connectivity index (χ1) is 7.81. The predicted octanol–water partition coefficient (Wildman–Crippen LogP) is 1.17. The number of carbonyl (C=O) groups excluding carboxylic acids is 1. The number of hydrogen-bond donors (Lipinski definition) is 2. The molecular formula is C12H16N2O2. The molecule has 0 unspecified atom stereocenters. The maximum absolute atomic E-state index is 11.5. The molecule has 1 amide bonds. The van der Waals surface area contributed by atoms with Gasteiger partial charge in [-0.1, -0.05) is 12.1 Å². The van der Waals surface area contributed by atoms with Gasteiger partial charge < -0.3 is 15.4 Å². The van der Waals surface area contributed by atoms with Crippen molar-refractivity contribution in [2.75, 3.05) is 25.5 Å². The number of nitrogens with one attached hydrogen (secondary N) is 2. The fourth-order valence-electron chi connectivity index (χ4n) is 1.84. The van der Waals surface area contributed by atoms with Crippen molar-refractivity contribution >= 4 is 11.6 Å². The van der Waals surface area contributed by atoms with Crippen molar-refractivity contribution in [3.63, 3.8) is 0 Å². The van der Waals surface area contributed by atoms with Gasteiger partial charge in [0.15, 0.2) is 0 Å². The largest absolute Gasteiger partial charge is 0.491 e. The van der Waals surface area contributed by atoms with Gasteiger partial charge in [0.1, 0.15) is 5.75 Å². The van der Waals surface area contributed by atoms with E-state index in [0.29, 0.717) is 6.54 Å². The Hall–Kier alpha value is -1.55. The molecule has 0 aromatic heterocycles. The summed E-state index contributed by atoms with van der Waals surface area (Å²) in [6.45, 7) is 1.04. The van der Waals surface area contributed by atoms with Crippen molar-refractivity contribution in [2.24, 2.45) is 0 Å². The average Bonchev–Trinajstić information content (AvgIpc) is 2.30. The maximum Gasteiger partial charge on any atom is 0.238 e. The molecule has 2 N–H and O–H groups in total. The number of carbonyl (C=O) groups is 1. The lowest BCUT2D eigenvalue weighted by Gasteiger charge is -2.20. The molecule has 1 heterocycles. The predicted molar refractivity (Wildman–Crippen MR) is 62.8 cm³/mol. The lowest BCUT2D eigenvalue weighted by atomic mass is 10.1. The minimum atomic E-state index is -0.0509. The molecule has 4 nitrogen and oxygen atoms in total. The van der Waals surface area contributed by atoms with E-state index in [2.05, 4.69) is 10.6 Å². The molecule has 86 valence electrons. The third-order valence-electron chi connectivity index (χ3n) is 2.54. The summed E-state index contributed by atoms with van der Waals surface area (Å²) in [5.41, 5.74) is 1.95. The highest BCUT2D eigenvalue weighted by atomic mass is 16.5. The first-order valence-electron chi connectivity index (χ1n) is 5.50. The van der Waals surface area contributed by atoms with Crippen LogP contribution >= 0.6 is 0 Å². The Labute approximate surface area is 95.0 Å². The molecule has 0 saturated carbocycles. The fourth-order valence-corrected chi connectivity index (χ4v) is 1.84. The van der Waals surface area contributed by atoms with E-state index < -0.39 is 0 Å². The first-order valence-corrected chi connectivity index (χ1v) is 5.50. The monoisotopic (exact) mass is 220 g/mol. The van der Waals surface area contributed by atoms with Crippen LogP contribution in [0.2, 0.25) is 0 Å². The van der Waals surface area contributed by atoms with Gasteiger partial charge in [-0.2, -0.15) is 0 Å². The van der Waals surface area contributed by atoms with Gasteiger partial charge in [0, 0.05) is 0 Å². The number of hydrogen-bond acceptors (Lipinski definition) is 3. The molecule has 1 aliphatic rings. The lowest BCUT2D eigenvalue weighted by Crippen LogP contribution is -2.25. The normalized spacial score (nSPS) is 13.8. The summed E-state index contributed by atoms with van der Waals surface area (Å²) in [4.78, 5) is 11.5. The highest BCUT2D eigenvalue weighted by molar-refractivity contribution is 5.94. The van der Waals surface area contributed by atoms with Crippen LogP contribution in [0.1, 0.15) is 12.0 Å². The quantitative estimate of drug-likeness (QED) is 0.804. The standard InChI is InChI=1S/C12H16N2O2/c1-13-8-11(15)14-10-6-2-4-9-5-3-7-16-12(9)10/h2,4,6,13H,3,5,7-8H2,1H3,(H,14,15). The second kappa shape index (κ2) is 4.99. The summed E-state index contributed by atoms with van der Waals surface area (Å²) in [7, 11) is 1.75. The Bertz CT molecular complexity index is 391. The molecule has 1 aromatic carbocycles. The summed E-state index contributed by atoms with van der Waals surface area (Å²) < 4.78 is 5.60. The van der Waals surface area contributed by atoms with Crippen LogP contribution in [0.3, 0.4) is 0 Å². The number of rotatable bonds is 3. The highest BCUT2D eigenvalue weighted by Crippen LogP contribution is 2.32. The first kappa shape index (κ1) is 11.0. The molecule has 0 bridgehead atoms. The molecular weight excluding hydrogens is 204 g/mol. The van der Waals surface area contributed by atoms with Gasteiger partial charge in [-0.3, -0.25) is 4.79 Å². The van der Waals surface area contributed by atoms with E-state index in [9.17, 15) is 4.79 Å². The number of aryl methyl sites for hydroxylation is 1. The zero-order chi connectivity index (χ0) is 11.4. The van der Waals surface area contributed by atoms with Crippen molar-refractivity contribution in [1.82, 2.24) is 5.32 Å². The Balaban J connectivity index is 2.17. The van der Waals surface area contributed by atoms with Crippen molar-refractivity contribution in [3.8, 4) is 5.75 Å². The molecule has 0 spiro atoms. The van der Waals surface area contributed by atoms with Gasteiger partial charge in [0.2, 0.25) is 5.91 Å². The lowest BCUT2D eigenvalue weighted by molar-refractivity contribution is -0.115. The number of likely N-dealkylation sites (N-methyl/N-ethyl adjacent to an activating group) is 1. The summed E-state index contributed by atoms with van der Waals surface area (Å²) in [6.07, 6.45) is 2.06. The summed E-state index contributed by atoms with van der Waals surface area (Å²) >= 11 is 0. The van der Waals surface area contributed by atoms with Gasteiger partial charge in [0.25, 0.3) is 0 Å². The zero-order valence-corrected chi connectivity index (χ0v) is 9.38. The van der Waals surface area contributed by atoms with Gasteiger partial charge in [-0.05, 0) is 31.5 Å². The Kier molecular flexibility index (Phi) is 3.41. The zero-order valence-electron chi connectivity index (χ0n) is 9.38. The molecule has 0 atom stereocenters. The number of benzene rings is 1. The number of para-hydroxylation sites is 1. The average molecular weight is 220 g/mol. The van der Waals surface area contributed by atoms with Gasteiger partial charge >= 0.3 is 0 Å². The molecule has 1 aromatic rings. The van der Waals surface area contributed by atoms with Crippen LogP contribution in [0.25, 0.3) is 0 Å². The van der Waals surface area contributed by atoms with Crippen LogP contribution in [0.15, 0.2) is 18.2 Å². The molecule has 0 aliphatic carbocycles. The van der Waals surface area contributed by atoms with Crippen molar-refractivity contribution in [3.05, 3.63) is 23.8 Å². The third kappa shape index (κ3) is 2.33. The molecule has 0 radical (unpaired) electrons. The van der Waals surface area contributed by atoms with E-state index in [1.54, 1.807) is 7.05 Å². The molecule has 4 heteroatoms. The second-order valence-corrected chi connectivity index (χ2v) is 3.82. The van der Waals surface area contributed by atoms with Crippen LogP contribution in [-0.4, -0.2) is 26.1 Å². The fraction of sp³-hybridized carbons (Fsp3) is 0.417. The van der Waals surface area contributed by atoms with Crippen LogP contribution in [-0.2, 0) is 11.2 Å². The Morgan fingerprint density at radius 1 is 1.50 bits per heavy atom. The van der Waals surface area contributed by atoms with Crippen molar-refractivity contribution in [1.29, 1.82) is 0 Å². The molecule has 0 saturated heterocycles. The van der Waals surface area contributed by atoms with Crippen LogP contribution in [0.5, 0.6) is 5.75 Å². The SMILES string of the molecule is CNCC(=O)Nc1cccc2c1OCCC2. The summed E-state index contributed by atoms with van der Waals surface area (Å²) in [5.74, 6) is 0.781. The molecule has 2 rings (SSSR count). The van der Waals surface area contributed by atoms with Gasteiger partial charge in [0.05, 0.1) is 18.8 Å². The van der Waals surface area contributed by atoms with Crippen molar-refractivity contribution in [2.45, 2.75) is 12.8 Å². The van der Waals surface area contributed by atoms with E-state index in [-0.39, 0.29) is 5.91 Å². The number of fused-ring (bicyclic) bond motifs is 1. The van der Waals surface area contributed by atoms with Gasteiger partial charge in [-0.15, -0.1) is 0 Å². The van der Waals surface area contributed by atoms with E-state index in [1.165, 1.54) is 5.56 Å². The Morgan fingerprint density at radius 2 is 2.38 bits per heavy atom. The van der Waals surface area contributed by atoms with Crippen LogP contribution in [0, 0.1) is 0 Å². The maximum atomic E-state index is 11.5. The van der Waals surface area contributed by atoms with Crippen molar-refractivity contribution < 1.29 is 9.53 Å². The summed E-state index contributed by atoms with van der Waals surface area (Å²) in [6, 6.07) is 5.86. The van der Waals surface area contributed by atoms with Crippen LogP contribution in [0.4, 0.5) is 5.69 Å². The van der Waals surface area contributed by atoms with Gasteiger partial charge in [-0.25, -0.2) is 0 Å². The second-order valence-electron chi connectivity index (χ2n) is 3.82. The van der Waals surface area contributed by atoms with E-state index in [1.807, 2.05) is 18.2 Å². The number of anilines is 1. The van der Waals surface area contributed by atoms with E-state index in [4.69, 9.17) is 4.74 Å². The highest BCUT2D eigenvalue weighted by Gasteiger charge is 2.15. The smallest absolute Gasteiger partial charge is 0.238 e. The molecule has 1 aliphatic heterocycles. The van der Waals surface area contributed by atoms with E-state index >= 15 is 0 Å². The number of amides is 1. The summed E-state index contributed by atoms with van der Waals surface area (Å²) in [5, 5.41) is 5.66.